The van der Waals surface area contributed by atoms with Crippen molar-refractivity contribution in [3.8, 4) is 44.5 Å². The number of rotatable bonds is 10. The third kappa shape index (κ3) is 10.7. The summed E-state index contributed by atoms with van der Waals surface area (Å²) in [7, 11) is 0. The van der Waals surface area contributed by atoms with Crippen molar-refractivity contribution in [3.63, 3.8) is 0 Å². The molecular formula is C112H74N2. The minimum absolute atomic E-state index is 1.12. The highest BCUT2D eigenvalue weighted by molar-refractivity contribution is 6.28. The van der Waals surface area contributed by atoms with Gasteiger partial charge in [0.15, 0.2) is 0 Å². The molecule has 0 radical (unpaired) electrons. The maximum absolute atomic E-state index is 2.42. The second kappa shape index (κ2) is 25.6. The molecule has 0 aromatic heterocycles. The highest BCUT2D eigenvalue weighted by atomic mass is 15.1. The van der Waals surface area contributed by atoms with Gasteiger partial charge in [0.05, 0.1) is 0 Å². The first-order valence-corrected chi connectivity index (χ1v) is 39.8. The predicted octanol–water partition coefficient (Wildman–Crippen LogP) is 32.1. The zero-order valence-electron chi connectivity index (χ0n) is 63.7. The molecule has 24 aromatic rings. The van der Waals surface area contributed by atoms with Crippen molar-refractivity contribution in [2.75, 3.05) is 9.80 Å². The summed E-state index contributed by atoms with van der Waals surface area (Å²) >= 11 is 0. The molecule has 0 saturated heterocycles. The third-order valence-corrected chi connectivity index (χ3v) is 24.7. The number of hydrogen-bond donors (Lipinski definition) is 0. The van der Waals surface area contributed by atoms with Crippen molar-refractivity contribution in [3.05, 3.63) is 398 Å². The Bertz CT molecular complexity index is 7370. The van der Waals surface area contributed by atoms with Gasteiger partial charge in [0.1, 0.15) is 0 Å². The quantitative estimate of drug-likeness (QED) is 0.126. The first kappa shape index (κ1) is 65.4. The lowest BCUT2D eigenvalue weighted by Crippen LogP contribution is -2.10. The number of anilines is 6. The molecule has 24 aromatic carbocycles. The minimum Gasteiger partial charge on any atom is -0.310 e. The summed E-state index contributed by atoms with van der Waals surface area (Å²) in [5.41, 5.74) is 21.7. The Balaban J connectivity index is 0.000000135. The van der Waals surface area contributed by atoms with Crippen LogP contribution in [-0.2, 0) is 0 Å². The summed E-state index contributed by atoms with van der Waals surface area (Å²) in [4.78, 5) is 4.80. The van der Waals surface area contributed by atoms with Crippen LogP contribution in [-0.4, -0.2) is 0 Å². The molecule has 24 rings (SSSR count). The van der Waals surface area contributed by atoms with Crippen LogP contribution >= 0.6 is 0 Å². The molecule has 0 saturated carbocycles. The van der Waals surface area contributed by atoms with Crippen LogP contribution in [0.2, 0.25) is 0 Å². The lowest BCUT2D eigenvalue weighted by molar-refractivity contribution is 1.26. The van der Waals surface area contributed by atoms with Crippen LogP contribution in [0.1, 0.15) is 22.3 Å². The zero-order chi connectivity index (χ0) is 75.6. The molecule has 0 spiro atoms. The van der Waals surface area contributed by atoms with Crippen LogP contribution in [0, 0.1) is 27.7 Å². The smallest absolute Gasteiger partial charge is 0.0468 e. The molecular weight excluding hydrogens is 1370 g/mol. The van der Waals surface area contributed by atoms with Gasteiger partial charge in [-0.3, -0.25) is 0 Å². The average Bonchev–Trinajstić information content (AvgIpc) is 0.747. The van der Waals surface area contributed by atoms with Gasteiger partial charge in [-0.15, -0.1) is 0 Å². The summed E-state index contributed by atoms with van der Waals surface area (Å²) in [5, 5.41) is 36.5. The molecule has 0 bridgehead atoms. The number of aryl methyl sites for hydroxylation is 4. The molecule has 0 unspecified atom stereocenters. The highest BCUT2D eigenvalue weighted by Crippen LogP contribution is 2.48. The Kier molecular flexibility index (Phi) is 14.7. The number of nitrogens with zero attached hydrogens (tertiary/aromatic N) is 2. The van der Waals surface area contributed by atoms with Crippen LogP contribution in [0.4, 0.5) is 34.1 Å². The van der Waals surface area contributed by atoms with Gasteiger partial charge in [0, 0.05) is 34.1 Å². The number of hydrogen-bond acceptors (Lipinski definition) is 2. The topological polar surface area (TPSA) is 6.48 Å². The maximum atomic E-state index is 2.42. The number of fused-ring (bicyclic) bond motifs is 2. The summed E-state index contributed by atoms with van der Waals surface area (Å²) in [6.45, 7) is 8.87. The van der Waals surface area contributed by atoms with Gasteiger partial charge in [0.25, 0.3) is 0 Å². The van der Waals surface area contributed by atoms with Crippen molar-refractivity contribution in [1.82, 2.24) is 0 Å². The summed E-state index contributed by atoms with van der Waals surface area (Å²) in [6.07, 6.45) is 0. The molecule has 2 nitrogen and oxygen atoms in total. The molecule has 114 heavy (non-hydrogen) atoms. The van der Waals surface area contributed by atoms with Gasteiger partial charge < -0.3 is 9.80 Å². The molecule has 2 heteroatoms. The largest absolute Gasteiger partial charge is 0.310 e. The third-order valence-electron chi connectivity index (χ3n) is 24.7. The standard InChI is InChI=1S/2C56H37N/c1-34-27-48(23-25-51(34)46-29-42-17-13-37-9-5-10-38-14-18-43(30-46)55(42)53(37)38)57(50-22-21-36-7-3-4-8-41(36)33-50)49-24-26-52(35(2)28-49)47-31-44-19-15-39-11-6-12-40-16-20-45(32-47)56(44)54(39)40;1-34-25-40-7-11-44-29-48(30-45-12-8-41(26-34)53(40)55(44)45)37-15-20-50(21-16-37)57(52-24-19-36-5-3-4-6-39(36)33-52)51-22-17-38(18-23-51)49-31-46-13-9-42-27-35(2)28-43-10-14-47(32-49)56(46)54(42)43/h2*3-33H,1-2H3. The van der Waals surface area contributed by atoms with E-state index in [4.69, 9.17) is 0 Å². The van der Waals surface area contributed by atoms with E-state index in [1.807, 2.05) is 0 Å². The molecule has 0 amide bonds. The monoisotopic (exact) mass is 1450 g/mol. The number of benzene rings is 24. The van der Waals surface area contributed by atoms with Crippen molar-refractivity contribution in [2.45, 2.75) is 27.7 Å². The van der Waals surface area contributed by atoms with Gasteiger partial charge in [-0.1, -0.05) is 255 Å². The van der Waals surface area contributed by atoms with E-state index in [1.165, 1.54) is 218 Å². The minimum atomic E-state index is 1.12. The SMILES string of the molecule is Cc1cc(N(c2ccc(-c3cc4ccc5cccc6ccc(c3)c4c56)c(C)c2)c2ccc3ccccc3c2)ccc1-c1cc2ccc3cccc4ccc(c1)c2c34.Cc1cc2ccc3cc(-c4ccc(N(c5ccc(-c6cc7ccc8cc(C)cc9ccc(c6)c7c89)cc5)c5ccc6ccccc6c5)cc4)cc4ccc(c1)c2c34. The van der Waals surface area contributed by atoms with Gasteiger partial charge >= 0.3 is 0 Å². The molecule has 0 aliphatic heterocycles. The summed E-state index contributed by atoms with van der Waals surface area (Å²) < 4.78 is 0. The molecule has 0 aliphatic carbocycles. The Morgan fingerprint density at radius 1 is 0.140 bits per heavy atom. The average molecular weight is 1450 g/mol. The first-order valence-electron chi connectivity index (χ1n) is 39.8. The predicted molar refractivity (Wildman–Crippen MR) is 493 cm³/mol. The van der Waals surface area contributed by atoms with Crippen LogP contribution in [0.25, 0.3) is 195 Å². The Morgan fingerprint density at radius 3 is 0.667 bits per heavy atom. The fourth-order valence-corrected chi connectivity index (χ4v) is 19.5. The second-order valence-electron chi connectivity index (χ2n) is 31.9. The molecule has 0 heterocycles. The van der Waals surface area contributed by atoms with E-state index < -0.39 is 0 Å². The van der Waals surface area contributed by atoms with Gasteiger partial charge in [0.2, 0.25) is 0 Å². The van der Waals surface area contributed by atoms with Crippen molar-refractivity contribution in [2.24, 2.45) is 0 Å². The Hall–Kier alpha value is -14.4. The van der Waals surface area contributed by atoms with Crippen LogP contribution < -0.4 is 9.80 Å². The van der Waals surface area contributed by atoms with Crippen LogP contribution in [0.5, 0.6) is 0 Å². The normalized spacial score (nSPS) is 12.0. The van der Waals surface area contributed by atoms with Crippen molar-refractivity contribution in [1.29, 1.82) is 0 Å². The molecule has 0 aliphatic rings. The van der Waals surface area contributed by atoms with E-state index in [0.29, 0.717) is 0 Å². The van der Waals surface area contributed by atoms with E-state index >= 15 is 0 Å². The lowest BCUT2D eigenvalue weighted by Gasteiger charge is -2.27. The highest BCUT2D eigenvalue weighted by Gasteiger charge is 2.22. The van der Waals surface area contributed by atoms with Crippen molar-refractivity contribution < 1.29 is 0 Å². The van der Waals surface area contributed by atoms with E-state index in [1.54, 1.807) is 0 Å². The van der Waals surface area contributed by atoms with E-state index in [2.05, 4.69) is 414 Å². The Morgan fingerprint density at radius 2 is 0.360 bits per heavy atom. The van der Waals surface area contributed by atoms with Gasteiger partial charge in [-0.05, 0) is 367 Å². The Labute approximate surface area is 660 Å². The fraction of sp³-hybridized carbons (Fsp3) is 0.0357. The second-order valence-corrected chi connectivity index (χ2v) is 31.9. The van der Waals surface area contributed by atoms with Crippen LogP contribution in [0.15, 0.2) is 376 Å². The molecule has 0 N–H and O–H groups in total. The van der Waals surface area contributed by atoms with Gasteiger partial charge in [-0.2, -0.15) is 0 Å². The molecule has 0 fully saturated rings. The van der Waals surface area contributed by atoms with Crippen LogP contribution in [0.3, 0.4) is 0 Å². The maximum Gasteiger partial charge on any atom is 0.0468 e. The fourth-order valence-electron chi connectivity index (χ4n) is 19.5. The summed E-state index contributed by atoms with van der Waals surface area (Å²) in [6, 6.07) is 141. The van der Waals surface area contributed by atoms with E-state index in [0.717, 1.165) is 34.1 Å². The zero-order valence-corrected chi connectivity index (χ0v) is 63.7. The molecule has 532 valence electrons. The summed E-state index contributed by atoms with van der Waals surface area (Å²) in [5.74, 6) is 0. The van der Waals surface area contributed by atoms with E-state index in [-0.39, 0.29) is 0 Å². The van der Waals surface area contributed by atoms with E-state index in [9.17, 15) is 0 Å². The first-order chi connectivity index (χ1) is 56.0. The lowest BCUT2D eigenvalue weighted by atomic mass is 9.90. The van der Waals surface area contributed by atoms with Gasteiger partial charge in [-0.25, -0.2) is 0 Å². The van der Waals surface area contributed by atoms with Crippen molar-refractivity contribution >= 4 is 185 Å². The molecule has 0 atom stereocenters.